The fourth-order valence-corrected chi connectivity index (χ4v) is 4.05. The van der Waals surface area contributed by atoms with Gasteiger partial charge in [-0.3, -0.25) is 13.9 Å². The molecule has 0 heterocycles. The highest BCUT2D eigenvalue weighted by atomic mass is 31.2. The molecule has 0 aliphatic rings. The van der Waals surface area contributed by atoms with Gasteiger partial charge >= 0.3 is 7.60 Å². The molecule has 0 spiro atoms. The molecule has 6 heteroatoms. The zero-order valence-corrected chi connectivity index (χ0v) is 22.2. The number of carbonyl (C=O) groups excluding carboxylic acids is 1. The average molecular weight is 474 g/mol. The number of allylic oxidation sites excluding steroid dienone is 2. The van der Waals surface area contributed by atoms with Crippen molar-refractivity contribution in [2.24, 2.45) is 0 Å². The number of hydrogen-bond acceptors (Lipinski definition) is 3. The van der Waals surface area contributed by atoms with E-state index in [1.165, 1.54) is 96.3 Å². The Balaban J connectivity index is 3.30. The Morgan fingerprint density at radius 3 is 1.72 bits per heavy atom. The van der Waals surface area contributed by atoms with Crippen LogP contribution in [0.25, 0.3) is 0 Å². The molecule has 1 atom stereocenters. The second kappa shape index (κ2) is 22.2. The molecule has 0 saturated heterocycles. The van der Waals surface area contributed by atoms with Crippen LogP contribution in [0, 0.1) is 0 Å². The topological polar surface area (TPSA) is 75.6 Å². The van der Waals surface area contributed by atoms with Gasteiger partial charge < -0.3 is 10.2 Å². The van der Waals surface area contributed by atoms with Gasteiger partial charge in [0.1, 0.15) is 6.73 Å². The van der Waals surface area contributed by atoms with E-state index < -0.39 is 13.3 Å². The van der Waals surface area contributed by atoms with Gasteiger partial charge in [0.25, 0.3) is 0 Å². The number of hydrogen-bond donors (Lipinski definition) is 2. The molecular formula is C26H52NO4P. The maximum atomic E-state index is 11.7. The summed E-state index contributed by atoms with van der Waals surface area (Å²) >= 11 is 0. The number of unbranched alkanes of at least 4 members (excludes halogenated alkanes) is 15. The van der Waals surface area contributed by atoms with Crippen LogP contribution >= 0.6 is 7.60 Å². The third-order valence-electron chi connectivity index (χ3n) is 5.84. The maximum absolute atomic E-state index is 11.7. The Morgan fingerprint density at radius 1 is 0.812 bits per heavy atom. The molecule has 2 N–H and O–H groups in total. The fourth-order valence-electron chi connectivity index (χ4n) is 3.51. The van der Waals surface area contributed by atoms with Gasteiger partial charge in [-0.1, -0.05) is 110 Å². The van der Waals surface area contributed by atoms with E-state index in [2.05, 4.69) is 24.4 Å². The van der Waals surface area contributed by atoms with Crippen LogP contribution in [0.15, 0.2) is 12.2 Å². The molecule has 0 bridgehead atoms. The Kier molecular flexibility index (Phi) is 21.7. The number of rotatable bonds is 23. The molecular weight excluding hydrogens is 421 g/mol. The van der Waals surface area contributed by atoms with Crippen molar-refractivity contribution in [1.82, 2.24) is 5.32 Å². The molecule has 0 aliphatic heterocycles. The van der Waals surface area contributed by atoms with Crippen molar-refractivity contribution in [3.05, 3.63) is 12.2 Å². The Hall–Kier alpha value is -0.640. The van der Waals surface area contributed by atoms with E-state index in [0.717, 1.165) is 12.8 Å². The summed E-state index contributed by atoms with van der Waals surface area (Å²) in [6.45, 7) is 5.32. The van der Waals surface area contributed by atoms with Gasteiger partial charge in [-0.25, -0.2) is 0 Å². The zero-order chi connectivity index (χ0) is 23.9. The van der Waals surface area contributed by atoms with Crippen molar-refractivity contribution >= 4 is 13.5 Å². The normalized spacial score (nSPS) is 13.7. The fraction of sp³-hybridized carbons (Fsp3) is 0.885. The van der Waals surface area contributed by atoms with E-state index in [4.69, 9.17) is 4.52 Å². The molecule has 0 aromatic carbocycles. The molecule has 0 rings (SSSR count). The van der Waals surface area contributed by atoms with E-state index in [0.29, 0.717) is 6.42 Å². The second-order valence-corrected chi connectivity index (χ2v) is 11.7. The predicted octanol–water partition coefficient (Wildman–Crippen LogP) is 8.27. The van der Waals surface area contributed by atoms with Crippen molar-refractivity contribution < 1.29 is 18.8 Å². The van der Waals surface area contributed by atoms with Crippen molar-refractivity contribution in [3.8, 4) is 0 Å². The Labute approximate surface area is 198 Å². The minimum absolute atomic E-state index is 0.116. The summed E-state index contributed by atoms with van der Waals surface area (Å²) in [4.78, 5) is 21.2. The molecule has 0 aliphatic carbocycles. The summed E-state index contributed by atoms with van der Waals surface area (Å²) in [6, 6.07) is 0. The van der Waals surface area contributed by atoms with Crippen LogP contribution in [-0.4, -0.2) is 23.2 Å². The Bertz CT molecular complexity index is 508. The maximum Gasteiger partial charge on any atom is 0.332 e. The van der Waals surface area contributed by atoms with Gasteiger partial charge in [-0.2, -0.15) is 0 Å². The number of carbonyl (C=O) groups is 1. The average Bonchev–Trinajstić information content (AvgIpc) is 2.75. The highest BCUT2D eigenvalue weighted by Gasteiger charge is 2.24. The molecule has 0 fully saturated rings. The lowest BCUT2D eigenvalue weighted by Crippen LogP contribution is -2.25. The third kappa shape index (κ3) is 21.2. The first-order valence-corrected chi connectivity index (χ1v) is 14.9. The standard InChI is InChI=1S/C26H52NO4P/c1-4-5-6-7-8-9-10-11-12-13-14-15-16-17-18-19-20-21-22-23-26(28)27-24-31-32(29,30)25(2)3/h11-12,25H,4-10,13-24H2,1-3H3,(H,27,28)(H,29,30)/b12-11-. The zero-order valence-electron chi connectivity index (χ0n) is 21.3. The van der Waals surface area contributed by atoms with E-state index in [9.17, 15) is 14.3 Å². The van der Waals surface area contributed by atoms with Crippen LogP contribution in [0.4, 0.5) is 0 Å². The minimum Gasteiger partial charge on any atom is -0.333 e. The molecule has 190 valence electrons. The number of nitrogens with one attached hydrogen (secondary N) is 1. The van der Waals surface area contributed by atoms with E-state index in [1.54, 1.807) is 13.8 Å². The van der Waals surface area contributed by atoms with Gasteiger partial charge in [0.15, 0.2) is 0 Å². The molecule has 1 amide bonds. The van der Waals surface area contributed by atoms with Crippen molar-refractivity contribution in [2.75, 3.05) is 6.73 Å². The van der Waals surface area contributed by atoms with Crippen molar-refractivity contribution in [3.63, 3.8) is 0 Å². The van der Waals surface area contributed by atoms with E-state index in [-0.39, 0.29) is 12.6 Å². The molecule has 0 saturated carbocycles. The molecule has 0 aromatic heterocycles. The van der Waals surface area contributed by atoms with Crippen molar-refractivity contribution in [2.45, 2.75) is 142 Å². The van der Waals surface area contributed by atoms with Gasteiger partial charge in [0.05, 0.1) is 5.66 Å². The van der Waals surface area contributed by atoms with E-state index in [1.807, 2.05) is 0 Å². The van der Waals surface area contributed by atoms with Crippen LogP contribution in [0.1, 0.15) is 136 Å². The van der Waals surface area contributed by atoms with Gasteiger partial charge in [0, 0.05) is 6.42 Å². The van der Waals surface area contributed by atoms with Gasteiger partial charge in [0.2, 0.25) is 5.91 Å². The molecule has 32 heavy (non-hydrogen) atoms. The number of amides is 1. The summed E-state index contributed by atoms with van der Waals surface area (Å²) in [6.07, 6.45) is 26.9. The first-order valence-electron chi connectivity index (χ1n) is 13.3. The van der Waals surface area contributed by atoms with Crippen LogP contribution in [0.2, 0.25) is 0 Å². The van der Waals surface area contributed by atoms with Gasteiger partial charge in [-0.05, 0) is 32.1 Å². The minimum atomic E-state index is -3.61. The molecule has 0 radical (unpaired) electrons. The summed E-state index contributed by atoms with van der Waals surface area (Å²) in [5, 5.41) is 2.55. The van der Waals surface area contributed by atoms with Gasteiger partial charge in [-0.15, -0.1) is 0 Å². The summed E-state index contributed by atoms with van der Waals surface area (Å²) < 4.78 is 16.5. The smallest absolute Gasteiger partial charge is 0.332 e. The summed E-state index contributed by atoms with van der Waals surface area (Å²) in [5.41, 5.74) is -0.462. The van der Waals surface area contributed by atoms with Crippen LogP contribution in [0.3, 0.4) is 0 Å². The van der Waals surface area contributed by atoms with Crippen molar-refractivity contribution in [1.29, 1.82) is 0 Å². The third-order valence-corrected chi connectivity index (χ3v) is 7.64. The lowest BCUT2D eigenvalue weighted by Gasteiger charge is -2.15. The predicted molar refractivity (Wildman–Crippen MR) is 137 cm³/mol. The van der Waals surface area contributed by atoms with Crippen LogP contribution in [-0.2, 0) is 13.9 Å². The lowest BCUT2D eigenvalue weighted by atomic mass is 10.1. The highest BCUT2D eigenvalue weighted by molar-refractivity contribution is 7.53. The van der Waals surface area contributed by atoms with Crippen LogP contribution in [0.5, 0.6) is 0 Å². The highest BCUT2D eigenvalue weighted by Crippen LogP contribution is 2.46. The first-order chi connectivity index (χ1) is 15.4. The van der Waals surface area contributed by atoms with Crippen LogP contribution < -0.4 is 5.32 Å². The van der Waals surface area contributed by atoms with E-state index >= 15 is 0 Å². The molecule has 0 aromatic rings. The lowest BCUT2D eigenvalue weighted by molar-refractivity contribution is -0.122. The summed E-state index contributed by atoms with van der Waals surface area (Å²) in [7, 11) is -3.61. The largest absolute Gasteiger partial charge is 0.333 e. The SMILES string of the molecule is CCCCCCCC/C=C\CCCCCCCCCCCC(=O)NCOP(=O)(O)C(C)C. The summed E-state index contributed by atoms with van der Waals surface area (Å²) in [5.74, 6) is -0.116. The quantitative estimate of drug-likeness (QED) is 0.0677. The molecule has 1 unspecified atom stereocenters. The monoisotopic (exact) mass is 473 g/mol. The first kappa shape index (κ1) is 31.4. The molecule has 5 nitrogen and oxygen atoms in total. The second-order valence-electron chi connectivity index (χ2n) is 9.28. The Morgan fingerprint density at radius 2 is 1.25 bits per heavy atom.